The zero-order chi connectivity index (χ0) is 22.5. The van der Waals surface area contributed by atoms with Crippen LogP contribution >= 0.6 is 0 Å². The Morgan fingerprint density at radius 3 is 2.69 bits per heavy atom. The number of hydrogen-bond acceptors (Lipinski definition) is 4. The van der Waals surface area contributed by atoms with Crippen LogP contribution in [0.4, 0.5) is 10.1 Å². The van der Waals surface area contributed by atoms with Crippen LogP contribution in [0.3, 0.4) is 0 Å². The predicted molar refractivity (Wildman–Crippen MR) is 119 cm³/mol. The van der Waals surface area contributed by atoms with Crippen LogP contribution in [0.1, 0.15) is 50.0 Å². The third kappa shape index (κ3) is 5.01. The molecule has 32 heavy (non-hydrogen) atoms. The summed E-state index contributed by atoms with van der Waals surface area (Å²) in [6.45, 7) is 2.17. The summed E-state index contributed by atoms with van der Waals surface area (Å²) >= 11 is 0. The molecule has 0 saturated carbocycles. The Kier molecular flexibility index (Phi) is 6.58. The summed E-state index contributed by atoms with van der Waals surface area (Å²) < 4.78 is 16.6. The van der Waals surface area contributed by atoms with Crippen molar-refractivity contribution in [2.75, 3.05) is 5.32 Å². The normalized spacial score (nSPS) is 14.2. The fourth-order valence-corrected chi connectivity index (χ4v) is 4.04. The van der Waals surface area contributed by atoms with Gasteiger partial charge in [0.25, 0.3) is 0 Å². The predicted octanol–water partition coefficient (Wildman–Crippen LogP) is 4.02. The number of carbonyl (C=O) groups excluding carboxylic acids is 2. The third-order valence-corrected chi connectivity index (χ3v) is 5.57. The van der Waals surface area contributed by atoms with Crippen LogP contribution < -0.4 is 10.6 Å². The fraction of sp³-hybridized carbons (Fsp3) is 0.333. The first-order valence-electron chi connectivity index (χ1n) is 10.8. The minimum absolute atomic E-state index is 0.0522. The lowest BCUT2D eigenvalue weighted by Crippen LogP contribution is -2.29. The summed E-state index contributed by atoms with van der Waals surface area (Å²) in [5.41, 5.74) is 1.61. The largest absolute Gasteiger partial charge is 0.349 e. The second-order valence-electron chi connectivity index (χ2n) is 8.01. The molecular weight excluding hydrogens is 409 g/mol. The van der Waals surface area contributed by atoms with Gasteiger partial charge in [-0.05, 0) is 36.6 Å². The van der Waals surface area contributed by atoms with Crippen molar-refractivity contribution in [1.82, 2.24) is 20.1 Å². The van der Waals surface area contributed by atoms with Gasteiger partial charge < -0.3 is 15.2 Å². The SMILES string of the molecule is CC(=O)NC(CC(=O)Nc1ccc(F)c(-c2nnc3n2CCCCC3)c1)c1ccccc1. The molecule has 2 N–H and O–H groups in total. The van der Waals surface area contributed by atoms with Gasteiger partial charge in [0.15, 0.2) is 5.82 Å². The molecule has 0 radical (unpaired) electrons. The van der Waals surface area contributed by atoms with Crippen LogP contribution in [-0.2, 0) is 22.6 Å². The molecule has 0 bridgehead atoms. The van der Waals surface area contributed by atoms with Crippen LogP contribution in [-0.4, -0.2) is 26.6 Å². The van der Waals surface area contributed by atoms with E-state index in [1.807, 2.05) is 34.9 Å². The van der Waals surface area contributed by atoms with Crippen molar-refractivity contribution in [2.24, 2.45) is 0 Å². The molecule has 2 heterocycles. The average molecular weight is 436 g/mol. The van der Waals surface area contributed by atoms with Gasteiger partial charge in [-0.3, -0.25) is 9.59 Å². The maximum absolute atomic E-state index is 14.7. The molecule has 1 aromatic heterocycles. The van der Waals surface area contributed by atoms with Gasteiger partial charge >= 0.3 is 0 Å². The van der Waals surface area contributed by atoms with Crippen LogP contribution in [0, 0.1) is 5.82 Å². The number of rotatable bonds is 6. The van der Waals surface area contributed by atoms with Crippen molar-refractivity contribution >= 4 is 17.5 Å². The number of fused-ring (bicyclic) bond motifs is 1. The number of aryl methyl sites for hydroxylation is 1. The minimum Gasteiger partial charge on any atom is -0.349 e. The van der Waals surface area contributed by atoms with Crippen LogP contribution in [0.25, 0.3) is 11.4 Å². The van der Waals surface area contributed by atoms with Gasteiger partial charge in [-0.2, -0.15) is 0 Å². The molecule has 1 aliphatic heterocycles. The highest BCUT2D eigenvalue weighted by Gasteiger charge is 2.20. The van der Waals surface area contributed by atoms with Crippen molar-refractivity contribution in [3.8, 4) is 11.4 Å². The molecular formula is C24H26FN5O2. The second-order valence-corrected chi connectivity index (χ2v) is 8.01. The zero-order valence-electron chi connectivity index (χ0n) is 18.0. The van der Waals surface area contributed by atoms with E-state index < -0.39 is 11.9 Å². The summed E-state index contributed by atoms with van der Waals surface area (Å²) in [6, 6.07) is 13.3. The van der Waals surface area contributed by atoms with Gasteiger partial charge in [-0.25, -0.2) is 4.39 Å². The Balaban J connectivity index is 1.53. The molecule has 166 valence electrons. The second kappa shape index (κ2) is 9.72. The molecule has 0 spiro atoms. The summed E-state index contributed by atoms with van der Waals surface area (Å²) in [4.78, 5) is 24.4. The molecule has 4 rings (SSSR count). The topological polar surface area (TPSA) is 88.9 Å². The summed E-state index contributed by atoms with van der Waals surface area (Å²) in [6.07, 6.45) is 4.04. The van der Waals surface area contributed by atoms with Crippen molar-refractivity contribution < 1.29 is 14.0 Å². The molecule has 0 saturated heterocycles. The lowest BCUT2D eigenvalue weighted by atomic mass is 10.0. The van der Waals surface area contributed by atoms with Crippen LogP contribution in [0.15, 0.2) is 48.5 Å². The summed E-state index contributed by atoms with van der Waals surface area (Å²) in [7, 11) is 0. The molecule has 8 heteroatoms. The molecule has 0 aliphatic carbocycles. The highest BCUT2D eigenvalue weighted by Crippen LogP contribution is 2.28. The monoisotopic (exact) mass is 435 g/mol. The van der Waals surface area contributed by atoms with Gasteiger partial charge in [-0.1, -0.05) is 36.8 Å². The highest BCUT2D eigenvalue weighted by molar-refractivity contribution is 5.92. The third-order valence-electron chi connectivity index (χ3n) is 5.57. The van der Waals surface area contributed by atoms with Crippen molar-refractivity contribution in [1.29, 1.82) is 0 Å². The number of amides is 2. The Bertz CT molecular complexity index is 1110. The fourth-order valence-electron chi connectivity index (χ4n) is 4.04. The van der Waals surface area contributed by atoms with Crippen LogP contribution in [0.2, 0.25) is 0 Å². The Morgan fingerprint density at radius 2 is 1.91 bits per heavy atom. The molecule has 0 fully saturated rings. The standard InChI is InChI=1S/C24H26FN5O2/c1-16(31)26-21(17-8-4-2-5-9-17)15-23(32)27-18-11-12-20(25)19(14-18)24-29-28-22-10-6-3-7-13-30(22)24/h2,4-5,8-9,11-12,14,21H,3,6-7,10,13,15H2,1H3,(H,26,31)(H,27,32). The molecule has 3 aromatic rings. The van der Waals surface area contributed by atoms with E-state index in [0.717, 1.165) is 43.6 Å². The summed E-state index contributed by atoms with van der Waals surface area (Å²) in [5, 5.41) is 14.1. The van der Waals surface area contributed by atoms with E-state index in [1.165, 1.54) is 19.1 Å². The first-order valence-corrected chi connectivity index (χ1v) is 10.8. The molecule has 2 amide bonds. The van der Waals surface area contributed by atoms with E-state index in [-0.39, 0.29) is 18.2 Å². The number of aromatic nitrogens is 3. The lowest BCUT2D eigenvalue weighted by molar-refractivity contribution is -0.120. The lowest BCUT2D eigenvalue weighted by Gasteiger charge is -2.18. The van der Waals surface area contributed by atoms with E-state index in [4.69, 9.17) is 0 Å². The number of nitrogens with zero attached hydrogens (tertiary/aromatic N) is 3. The van der Waals surface area contributed by atoms with E-state index >= 15 is 0 Å². The van der Waals surface area contributed by atoms with Gasteiger partial charge in [-0.15, -0.1) is 10.2 Å². The number of nitrogens with one attached hydrogen (secondary N) is 2. The van der Waals surface area contributed by atoms with E-state index in [1.54, 1.807) is 6.07 Å². The molecule has 2 aromatic carbocycles. The van der Waals surface area contributed by atoms with Crippen molar-refractivity contribution in [3.63, 3.8) is 0 Å². The Labute approximate surface area is 186 Å². The molecule has 1 unspecified atom stereocenters. The summed E-state index contributed by atoms with van der Waals surface area (Å²) in [5.74, 6) is 0.430. The Hall–Kier alpha value is -3.55. The first-order chi connectivity index (χ1) is 15.5. The van der Waals surface area contributed by atoms with Gasteiger partial charge in [0.05, 0.1) is 18.0 Å². The van der Waals surface area contributed by atoms with Gasteiger partial charge in [0.2, 0.25) is 11.8 Å². The number of carbonyl (C=O) groups is 2. The van der Waals surface area contributed by atoms with Crippen LogP contribution in [0.5, 0.6) is 0 Å². The number of benzene rings is 2. The van der Waals surface area contributed by atoms with E-state index in [9.17, 15) is 14.0 Å². The van der Waals surface area contributed by atoms with Crippen molar-refractivity contribution in [3.05, 3.63) is 65.7 Å². The minimum atomic E-state index is -0.458. The number of hydrogen-bond donors (Lipinski definition) is 2. The van der Waals surface area contributed by atoms with E-state index in [0.29, 0.717) is 17.1 Å². The van der Waals surface area contributed by atoms with Gasteiger partial charge in [0.1, 0.15) is 11.6 Å². The van der Waals surface area contributed by atoms with Crippen molar-refractivity contribution in [2.45, 2.75) is 51.6 Å². The highest BCUT2D eigenvalue weighted by atomic mass is 19.1. The molecule has 7 nitrogen and oxygen atoms in total. The first kappa shape index (κ1) is 21.7. The number of anilines is 1. The quantitative estimate of drug-likeness (QED) is 0.612. The maximum Gasteiger partial charge on any atom is 0.226 e. The molecule has 1 atom stereocenters. The van der Waals surface area contributed by atoms with E-state index in [2.05, 4.69) is 20.8 Å². The molecule has 1 aliphatic rings. The maximum atomic E-state index is 14.7. The van der Waals surface area contributed by atoms with Gasteiger partial charge in [0, 0.05) is 25.6 Å². The Morgan fingerprint density at radius 1 is 1.09 bits per heavy atom. The average Bonchev–Trinajstić information content (AvgIpc) is 3.02. The number of halogens is 1. The smallest absolute Gasteiger partial charge is 0.226 e. The zero-order valence-corrected chi connectivity index (χ0v) is 18.0.